The van der Waals surface area contributed by atoms with E-state index in [9.17, 15) is 4.79 Å². The quantitative estimate of drug-likeness (QED) is 0.561. The molecule has 0 spiro atoms. The molecule has 4 aromatic rings. The van der Waals surface area contributed by atoms with E-state index in [0.717, 1.165) is 22.5 Å². The van der Waals surface area contributed by atoms with Crippen molar-refractivity contribution in [3.05, 3.63) is 102 Å². The molecule has 0 saturated carbocycles. The molecular weight excluding hydrogens is 350 g/mol. The van der Waals surface area contributed by atoms with E-state index < -0.39 is 0 Å². The van der Waals surface area contributed by atoms with Crippen molar-refractivity contribution in [2.24, 2.45) is 0 Å². The Morgan fingerprint density at radius 1 is 0.857 bits per heavy atom. The predicted octanol–water partition coefficient (Wildman–Crippen LogP) is 3.82. The third-order valence-corrected chi connectivity index (χ3v) is 4.56. The molecule has 1 heterocycles. The van der Waals surface area contributed by atoms with Gasteiger partial charge in [0, 0.05) is 18.0 Å². The number of benzene rings is 3. The number of anilines is 1. The molecule has 1 aromatic heterocycles. The minimum absolute atomic E-state index is 0.00268. The molecule has 0 saturated heterocycles. The topological polar surface area (TPSA) is 72.7 Å². The molecule has 0 aliphatic heterocycles. The monoisotopic (exact) mass is 369 g/mol. The highest BCUT2D eigenvalue weighted by molar-refractivity contribution is 5.91. The van der Waals surface area contributed by atoms with Crippen LogP contribution in [0.5, 0.6) is 0 Å². The maximum Gasteiger partial charge on any atom is 0.225 e. The lowest BCUT2D eigenvalue weighted by molar-refractivity contribution is -0.116. The largest absolute Gasteiger partial charge is 0.326 e. The summed E-state index contributed by atoms with van der Waals surface area (Å²) in [5, 5.41) is 14.1. The number of hydrogen-bond acceptors (Lipinski definition) is 4. The molecule has 0 atom stereocenters. The second-order valence-corrected chi connectivity index (χ2v) is 6.43. The number of aromatic nitrogens is 4. The fourth-order valence-corrected chi connectivity index (χ4v) is 3.17. The van der Waals surface area contributed by atoms with Gasteiger partial charge in [-0.2, -0.15) is 0 Å². The van der Waals surface area contributed by atoms with E-state index in [4.69, 9.17) is 0 Å². The molecule has 1 N–H and O–H groups in total. The van der Waals surface area contributed by atoms with E-state index in [1.165, 1.54) is 6.33 Å². The van der Waals surface area contributed by atoms with Gasteiger partial charge in [0.25, 0.3) is 0 Å². The third kappa shape index (κ3) is 4.12. The average molecular weight is 369 g/mol. The summed E-state index contributed by atoms with van der Waals surface area (Å²) in [7, 11) is 0. The lowest BCUT2D eigenvalue weighted by Crippen LogP contribution is -2.16. The molecule has 4 rings (SSSR count). The molecule has 0 unspecified atom stereocenters. The normalized spacial score (nSPS) is 10.8. The van der Waals surface area contributed by atoms with Crippen molar-refractivity contribution in [2.45, 2.75) is 12.3 Å². The number of nitrogens with zero attached hydrogens (tertiary/aromatic N) is 4. The number of rotatable bonds is 6. The molecule has 1 amide bonds. The van der Waals surface area contributed by atoms with E-state index in [2.05, 4.69) is 45.1 Å². The van der Waals surface area contributed by atoms with Crippen LogP contribution in [0.15, 0.2) is 91.3 Å². The highest BCUT2D eigenvalue weighted by Gasteiger charge is 2.18. The summed E-state index contributed by atoms with van der Waals surface area (Å²) in [6.07, 6.45) is 1.89. The lowest BCUT2D eigenvalue weighted by atomic mass is 9.88. The summed E-state index contributed by atoms with van der Waals surface area (Å²) < 4.78 is 1.56. The van der Waals surface area contributed by atoms with Gasteiger partial charge in [-0.15, -0.1) is 5.10 Å². The molecule has 6 nitrogen and oxygen atoms in total. The molecule has 0 fully saturated rings. The summed E-state index contributed by atoms with van der Waals surface area (Å²) in [6.45, 7) is 0. The Bertz CT molecular complexity index is 976. The summed E-state index contributed by atoms with van der Waals surface area (Å²) in [6, 6.07) is 27.6. The van der Waals surface area contributed by atoms with Gasteiger partial charge in [-0.3, -0.25) is 4.79 Å². The third-order valence-electron chi connectivity index (χ3n) is 4.56. The molecule has 28 heavy (non-hydrogen) atoms. The highest BCUT2D eigenvalue weighted by atomic mass is 16.1. The number of hydrogen-bond donors (Lipinski definition) is 1. The first-order valence-electron chi connectivity index (χ1n) is 9.03. The molecule has 0 aliphatic rings. The number of amides is 1. The van der Waals surface area contributed by atoms with Gasteiger partial charge < -0.3 is 5.32 Å². The van der Waals surface area contributed by atoms with Crippen molar-refractivity contribution in [2.75, 3.05) is 5.32 Å². The SMILES string of the molecule is O=C(CC(c1ccccc1)c1ccccc1)Nc1ccc(-n2cnnn2)cc1. The van der Waals surface area contributed by atoms with Gasteiger partial charge in [-0.1, -0.05) is 60.7 Å². The zero-order valence-electron chi connectivity index (χ0n) is 15.1. The number of tetrazole rings is 1. The average Bonchev–Trinajstić information content (AvgIpc) is 3.29. The number of carbonyl (C=O) groups excluding carboxylic acids is 1. The maximum absolute atomic E-state index is 12.7. The van der Waals surface area contributed by atoms with Crippen LogP contribution in [0.3, 0.4) is 0 Å². The van der Waals surface area contributed by atoms with Crippen LogP contribution in [0.4, 0.5) is 5.69 Å². The van der Waals surface area contributed by atoms with Crippen LogP contribution in [-0.2, 0) is 4.79 Å². The van der Waals surface area contributed by atoms with Crippen LogP contribution in [0.1, 0.15) is 23.5 Å². The maximum atomic E-state index is 12.7. The van der Waals surface area contributed by atoms with Crippen molar-refractivity contribution in [3.63, 3.8) is 0 Å². The molecule has 0 bridgehead atoms. The van der Waals surface area contributed by atoms with Gasteiger partial charge in [0.05, 0.1) is 5.69 Å². The molecule has 138 valence electrons. The summed E-state index contributed by atoms with van der Waals surface area (Å²) >= 11 is 0. The Labute approximate surface area is 162 Å². The van der Waals surface area contributed by atoms with Crippen molar-refractivity contribution >= 4 is 11.6 Å². The van der Waals surface area contributed by atoms with Gasteiger partial charge in [-0.25, -0.2) is 4.68 Å². The number of nitrogens with one attached hydrogen (secondary N) is 1. The van der Waals surface area contributed by atoms with Gasteiger partial charge >= 0.3 is 0 Å². The Hall–Kier alpha value is -3.80. The molecule has 6 heteroatoms. The van der Waals surface area contributed by atoms with Crippen LogP contribution in [0.2, 0.25) is 0 Å². The molecule has 3 aromatic carbocycles. The van der Waals surface area contributed by atoms with Crippen LogP contribution >= 0.6 is 0 Å². The van der Waals surface area contributed by atoms with E-state index in [0.29, 0.717) is 6.42 Å². The Morgan fingerprint density at radius 2 is 1.46 bits per heavy atom. The molecular formula is C22H19N5O. The van der Waals surface area contributed by atoms with Crippen LogP contribution in [0, 0.1) is 0 Å². The zero-order chi connectivity index (χ0) is 19.2. The Morgan fingerprint density at radius 3 is 2.00 bits per heavy atom. The van der Waals surface area contributed by atoms with Gasteiger partial charge in [0.15, 0.2) is 0 Å². The second kappa shape index (κ2) is 8.26. The van der Waals surface area contributed by atoms with Crippen LogP contribution in [0.25, 0.3) is 5.69 Å². The zero-order valence-corrected chi connectivity index (χ0v) is 15.1. The second-order valence-electron chi connectivity index (χ2n) is 6.43. The molecule has 0 radical (unpaired) electrons. The number of carbonyl (C=O) groups is 1. The van der Waals surface area contributed by atoms with Crippen molar-refractivity contribution in [3.8, 4) is 5.69 Å². The first kappa shape index (κ1) is 17.6. The van der Waals surface area contributed by atoms with Crippen molar-refractivity contribution in [1.82, 2.24) is 20.2 Å². The minimum atomic E-state index is -0.0344. The summed E-state index contributed by atoms with van der Waals surface area (Å²) in [5.74, 6) is -0.0317. The van der Waals surface area contributed by atoms with Crippen LogP contribution < -0.4 is 5.32 Å². The minimum Gasteiger partial charge on any atom is -0.326 e. The first-order valence-corrected chi connectivity index (χ1v) is 9.03. The van der Waals surface area contributed by atoms with E-state index >= 15 is 0 Å². The highest BCUT2D eigenvalue weighted by Crippen LogP contribution is 2.28. The van der Waals surface area contributed by atoms with Crippen LogP contribution in [-0.4, -0.2) is 26.1 Å². The first-order chi connectivity index (χ1) is 13.8. The predicted molar refractivity (Wildman–Crippen MR) is 107 cm³/mol. The van der Waals surface area contributed by atoms with Gasteiger partial charge in [0.1, 0.15) is 6.33 Å². The van der Waals surface area contributed by atoms with E-state index in [-0.39, 0.29) is 11.8 Å². The standard InChI is InChI=1S/C22H19N5O/c28-22(24-19-11-13-20(14-12-19)27-16-23-25-26-27)15-21(17-7-3-1-4-8-17)18-9-5-2-6-10-18/h1-14,16,21H,15H2,(H,24,28). The Balaban J connectivity index is 1.49. The van der Waals surface area contributed by atoms with Gasteiger partial charge in [0.2, 0.25) is 5.91 Å². The Kier molecular flexibility index (Phi) is 5.20. The fraction of sp³-hybridized carbons (Fsp3) is 0.0909. The summed E-state index contributed by atoms with van der Waals surface area (Å²) in [4.78, 5) is 12.7. The summed E-state index contributed by atoms with van der Waals surface area (Å²) in [5.41, 5.74) is 3.81. The van der Waals surface area contributed by atoms with E-state index in [1.807, 2.05) is 60.7 Å². The van der Waals surface area contributed by atoms with Crippen molar-refractivity contribution in [1.29, 1.82) is 0 Å². The van der Waals surface area contributed by atoms with E-state index in [1.54, 1.807) is 4.68 Å². The lowest BCUT2D eigenvalue weighted by Gasteiger charge is -2.18. The fourth-order valence-electron chi connectivity index (χ4n) is 3.17. The smallest absolute Gasteiger partial charge is 0.225 e. The van der Waals surface area contributed by atoms with Gasteiger partial charge in [-0.05, 0) is 45.8 Å². The molecule has 0 aliphatic carbocycles. The van der Waals surface area contributed by atoms with Crippen molar-refractivity contribution < 1.29 is 4.79 Å².